The van der Waals surface area contributed by atoms with Crippen LogP contribution in [0, 0.1) is 5.92 Å². The van der Waals surface area contributed by atoms with Crippen LogP contribution in [0.5, 0.6) is 0 Å². The highest BCUT2D eigenvalue weighted by atomic mass is 16.6. The Bertz CT molecular complexity index is 486. The van der Waals surface area contributed by atoms with Crippen molar-refractivity contribution in [2.24, 2.45) is 5.92 Å². The maximum atomic E-state index is 12.6. The number of methoxy groups -OCH3 is 1. The Morgan fingerprint density at radius 3 is 1.93 bits per heavy atom. The monoisotopic (exact) mass is 390 g/mol. The Kier molecular flexibility index (Phi) is 14.6. The van der Waals surface area contributed by atoms with Gasteiger partial charge >= 0.3 is 5.97 Å². The molecule has 28 heavy (non-hydrogen) atoms. The zero-order valence-corrected chi connectivity index (χ0v) is 18.5. The summed E-state index contributed by atoms with van der Waals surface area (Å²) in [5.74, 6) is 0.204. The lowest BCUT2D eigenvalue weighted by atomic mass is 9.95. The first-order valence-electron chi connectivity index (χ1n) is 11.5. The van der Waals surface area contributed by atoms with Crippen LogP contribution in [0.2, 0.25) is 0 Å². The van der Waals surface area contributed by atoms with E-state index in [9.17, 15) is 4.79 Å². The van der Waals surface area contributed by atoms with Crippen molar-refractivity contribution in [2.75, 3.05) is 13.7 Å². The zero-order chi connectivity index (χ0) is 20.5. The summed E-state index contributed by atoms with van der Waals surface area (Å²) in [7, 11) is 1.57. The van der Waals surface area contributed by atoms with E-state index >= 15 is 0 Å². The summed E-state index contributed by atoms with van der Waals surface area (Å²) in [6, 6.07) is 9.60. The van der Waals surface area contributed by atoms with E-state index in [0.717, 1.165) is 18.4 Å². The number of ether oxygens (including phenoxy) is 2. The predicted molar refractivity (Wildman–Crippen MR) is 117 cm³/mol. The summed E-state index contributed by atoms with van der Waals surface area (Å²) < 4.78 is 11.1. The molecule has 3 heteroatoms. The molecule has 0 N–H and O–H groups in total. The van der Waals surface area contributed by atoms with Crippen LogP contribution < -0.4 is 0 Å². The summed E-state index contributed by atoms with van der Waals surface area (Å²) in [4.78, 5) is 12.6. The van der Waals surface area contributed by atoms with E-state index in [1.807, 2.05) is 30.3 Å². The lowest BCUT2D eigenvalue weighted by molar-refractivity contribution is -0.157. The molecule has 0 saturated carbocycles. The Morgan fingerprint density at radius 2 is 1.36 bits per heavy atom. The quantitative estimate of drug-likeness (QED) is 0.207. The van der Waals surface area contributed by atoms with Gasteiger partial charge in [0.05, 0.1) is 6.61 Å². The number of rotatable bonds is 17. The Hall–Kier alpha value is -1.35. The predicted octanol–water partition coefficient (Wildman–Crippen LogP) is 7.25. The molecule has 0 amide bonds. The average molecular weight is 391 g/mol. The zero-order valence-electron chi connectivity index (χ0n) is 18.5. The molecule has 1 rings (SSSR count). The third kappa shape index (κ3) is 10.8. The molecule has 0 spiro atoms. The number of hydrogen-bond acceptors (Lipinski definition) is 3. The maximum Gasteiger partial charge on any atom is 0.339 e. The van der Waals surface area contributed by atoms with Gasteiger partial charge in [0.1, 0.15) is 0 Å². The summed E-state index contributed by atoms with van der Waals surface area (Å²) in [6.07, 6.45) is 14.6. The molecule has 0 aliphatic heterocycles. The van der Waals surface area contributed by atoms with E-state index in [4.69, 9.17) is 9.47 Å². The van der Waals surface area contributed by atoms with Crippen molar-refractivity contribution in [3.63, 3.8) is 0 Å². The van der Waals surface area contributed by atoms with Gasteiger partial charge in [0.15, 0.2) is 6.10 Å². The second kappa shape index (κ2) is 16.6. The smallest absolute Gasteiger partial charge is 0.339 e. The van der Waals surface area contributed by atoms with Crippen molar-refractivity contribution in [2.45, 2.75) is 97.0 Å². The van der Waals surface area contributed by atoms with Crippen LogP contribution in [-0.4, -0.2) is 19.7 Å². The minimum atomic E-state index is -0.629. The van der Waals surface area contributed by atoms with Crippen molar-refractivity contribution < 1.29 is 14.3 Å². The fourth-order valence-electron chi connectivity index (χ4n) is 3.66. The highest BCUT2D eigenvalue weighted by Gasteiger charge is 2.22. The Balaban J connectivity index is 2.45. The highest BCUT2D eigenvalue weighted by molar-refractivity contribution is 5.76. The van der Waals surface area contributed by atoms with Crippen LogP contribution in [0.1, 0.15) is 103 Å². The van der Waals surface area contributed by atoms with E-state index < -0.39 is 6.10 Å². The normalized spacial score (nSPS) is 13.2. The van der Waals surface area contributed by atoms with E-state index in [0.29, 0.717) is 12.5 Å². The van der Waals surface area contributed by atoms with Gasteiger partial charge in [-0.15, -0.1) is 0 Å². The molecular formula is C25H42O3. The molecule has 0 fully saturated rings. The molecule has 0 aliphatic rings. The molecule has 1 aromatic rings. The molecule has 0 saturated heterocycles. The molecule has 160 valence electrons. The van der Waals surface area contributed by atoms with E-state index in [-0.39, 0.29) is 5.97 Å². The molecule has 3 nitrogen and oxygen atoms in total. The van der Waals surface area contributed by atoms with Gasteiger partial charge in [-0.05, 0) is 24.3 Å². The summed E-state index contributed by atoms with van der Waals surface area (Å²) in [5, 5.41) is 0. The first kappa shape index (κ1) is 24.7. The number of hydrogen-bond donors (Lipinski definition) is 0. The van der Waals surface area contributed by atoms with Crippen molar-refractivity contribution in [1.82, 2.24) is 0 Å². The van der Waals surface area contributed by atoms with Crippen LogP contribution in [0.25, 0.3) is 0 Å². The van der Waals surface area contributed by atoms with Crippen LogP contribution >= 0.6 is 0 Å². The third-order valence-electron chi connectivity index (χ3n) is 5.45. The van der Waals surface area contributed by atoms with Gasteiger partial charge < -0.3 is 9.47 Å². The van der Waals surface area contributed by atoms with Gasteiger partial charge in [-0.3, -0.25) is 0 Å². The van der Waals surface area contributed by atoms with E-state index in [2.05, 4.69) is 13.8 Å². The molecule has 0 aromatic heterocycles. The van der Waals surface area contributed by atoms with Gasteiger partial charge in [0.25, 0.3) is 0 Å². The van der Waals surface area contributed by atoms with Gasteiger partial charge in [0, 0.05) is 7.11 Å². The highest BCUT2D eigenvalue weighted by Crippen LogP contribution is 2.22. The first-order chi connectivity index (χ1) is 13.7. The van der Waals surface area contributed by atoms with Gasteiger partial charge in [-0.1, -0.05) is 108 Å². The largest absolute Gasteiger partial charge is 0.463 e. The van der Waals surface area contributed by atoms with Gasteiger partial charge in [0.2, 0.25) is 0 Å². The number of unbranched alkanes of at least 4 members (excludes halogenated alkanes) is 8. The molecular weight excluding hydrogens is 348 g/mol. The number of carbonyl (C=O) groups excluding carboxylic acids is 1. The molecule has 0 radical (unpaired) electrons. The van der Waals surface area contributed by atoms with Crippen molar-refractivity contribution >= 4 is 5.97 Å². The summed E-state index contributed by atoms with van der Waals surface area (Å²) >= 11 is 0. The number of benzene rings is 1. The molecule has 0 aliphatic carbocycles. The fraction of sp³-hybridized carbons (Fsp3) is 0.720. The minimum absolute atomic E-state index is 0.268. The molecule has 2 unspecified atom stereocenters. The van der Waals surface area contributed by atoms with Crippen molar-refractivity contribution in [3.05, 3.63) is 35.9 Å². The first-order valence-corrected chi connectivity index (χ1v) is 11.5. The topological polar surface area (TPSA) is 35.5 Å². The van der Waals surface area contributed by atoms with Crippen molar-refractivity contribution in [1.29, 1.82) is 0 Å². The average Bonchev–Trinajstić information content (AvgIpc) is 2.72. The maximum absolute atomic E-state index is 12.6. The molecule has 1 aromatic carbocycles. The minimum Gasteiger partial charge on any atom is -0.463 e. The van der Waals surface area contributed by atoms with Crippen LogP contribution in [0.15, 0.2) is 30.3 Å². The third-order valence-corrected chi connectivity index (χ3v) is 5.45. The number of carbonyl (C=O) groups is 1. The lowest BCUT2D eigenvalue weighted by Crippen LogP contribution is -2.21. The fourth-order valence-corrected chi connectivity index (χ4v) is 3.66. The van der Waals surface area contributed by atoms with Crippen LogP contribution in [0.3, 0.4) is 0 Å². The van der Waals surface area contributed by atoms with Gasteiger partial charge in [-0.25, -0.2) is 4.79 Å². The molecule has 2 atom stereocenters. The number of esters is 1. The second-order valence-corrected chi connectivity index (χ2v) is 7.93. The van der Waals surface area contributed by atoms with E-state index in [1.165, 1.54) is 64.2 Å². The lowest BCUT2D eigenvalue weighted by Gasteiger charge is -2.20. The van der Waals surface area contributed by atoms with Gasteiger partial charge in [-0.2, -0.15) is 0 Å². The Labute approximate surface area is 173 Å². The summed E-state index contributed by atoms with van der Waals surface area (Å²) in [6.45, 7) is 5.01. The molecule has 0 heterocycles. The second-order valence-electron chi connectivity index (χ2n) is 7.93. The summed E-state index contributed by atoms with van der Waals surface area (Å²) in [5.41, 5.74) is 0.852. The van der Waals surface area contributed by atoms with Crippen LogP contribution in [-0.2, 0) is 14.3 Å². The Morgan fingerprint density at radius 1 is 0.821 bits per heavy atom. The SMILES string of the molecule is CCCCCCCCC(CCCCCC)COC(=O)C(OC)c1ccccc1. The standard InChI is InChI=1S/C25H42O3/c1-4-6-8-10-11-14-18-22(17-13-9-7-5-2)21-28-25(26)24(27-3)23-19-15-12-16-20-23/h12,15-16,19-20,22,24H,4-11,13-14,17-18,21H2,1-3H3. The van der Waals surface area contributed by atoms with Crippen molar-refractivity contribution in [3.8, 4) is 0 Å². The molecule has 0 bridgehead atoms. The van der Waals surface area contributed by atoms with E-state index in [1.54, 1.807) is 7.11 Å². The van der Waals surface area contributed by atoms with Crippen LogP contribution in [0.4, 0.5) is 0 Å².